The van der Waals surface area contributed by atoms with Crippen molar-refractivity contribution in [2.24, 2.45) is 0 Å². The molecule has 0 N–H and O–H groups in total. The standard InChI is InChI=1S/C9H12F3NO3/c1-5-7(8(14)13(3)15-4)16-6(2)9(10,11)12/h1,6-7H,2-4H3/t6-,7-/m1/s1. The van der Waals surface area contributed by atoms with E-state index < -0.39 is 24.3 Å². The fourth-order valence-electron chi connectivity index (χ4n) is 0.705. The first kappa shape index (κ1) is 14.7. The Balaban J connectivity index is 4.55. The van der Waals surface area contributed by atoms with Crippen LogP contribution in [0.2, 0.25) is 0 Å². The number of amides is 1. The molecule has 0 aromatic carbocycles. The first-order chi connectivity index (χ1) is 7.23. The van der Waals surface area contributed by atoms with Gasteiger partial charge in [-0.1, -0.05) is 5.92 Å². The second-order valence-electron chi connectivity index (χ2n) is 2.88. The van der Waals surface area contributed by atoms with Gasteiger partial charge in [-0.3, -0.25) is 9.63 Å². The first-order valence-corrected chi connectivity index (χ1v) is 4.24. The Morgan fingerprint density at radius 1 is 1.50 bits per heavy atom. The van der Waals surface area contributed by atoms with Crippen molar-refractivity contribution in [3.63, 3.8) is 0 Å². The van der Waals surface area contributed by atoms with E-state index in [0.29, 0.717) is 5.06 Å². The number of carbonyl (C=O) groups excluding carboxylic acids is 1. The molecule has 7 heteroatoms. The molecule has 0 saturated heterocycles. The van der Waals surface area contributed by atoms with E-state index in [2.05, 4.69) is 9.57 Å². The second-order valence-corrected chi connectivity index (χ2v) is 2.88. The highest BCUT2D eigenvalue weighted by Gasteiger charge is 2.40. The Bertz CT molecular complexity index is 285. The van der Waals surface area contributed by atoms with Crippen molar-refractivity contribution < 1.29 is 27.5 Å². The molecule has 2 atom stereocenters. The molecule has 0 bridgehead atoms. The number of hydroxylamine groups is 2. The first-order valence-electron chi connectivity index (χ1n) is 4.24. The van der Waals surface area contributed by atoms with Crippen LogP contribution in [0.15, 0.2) is 0 Å². The largest absolute Gasteiger partial charge is 0.414 e. The zero-order valence-corrected chi connectivity index (χ0v) is 9.04. The molecule has 0 spiro atoms. The van der Waals surface area contributed by atoms with Gasteiger partial charge in [0.15, 0.2) is 12.2 Å². The number of carbonyl (C=O) groups is 1. The van der Waals surface area contributed by atoms with E-state index in [4.69, 9.17) is 6.42 Å². The van der Waals surface area contributed by atoms with Crippen LogP contribution in [0.4, 0.5) is 13.2 Å². The summed E-state index contributed by atoms with van der Waals surface area (Å²) >= 11 is 0. The number of nitrogens with zero attached hydrogens (tertiary/aromatic N) is 1. The van der Waals surface area contributed by atoms with Crippen LogP contribution in [0.1, 0.15) is 6.92 Å². The Labute approximate surface area is 91.3 Å². The molecule has 0 aliphatic carbocycles. The van der Waals surface area contributed by atoms with Crippen molar-refractivity contribution in [2.45, 2.75) is 25.3 Å². The van der Waals surface area contributed by atoms with E-state index in [1.54, 1.807) is 0 Å². The Hall–Kier alpha value is -1.26. The average Bonchev–Trinajstić information content (AvgIpc) is 2.21. The zero-order valence-electron chi connectivity index (χ0n) is 9.04. The summed E-state index contributed by atoms with van der Waals surface area (Å²) < 4.78 is 40.8. The molecule has 92 valence electrons. The summed E-state index contributed by atoms with van der Waals surface area (Å²) in [5.41, 5.74) is 0. The summed E-state index contributed by atoms with van der Waals surface area (Å²) in [5, 5.41) is 0.702. The molecular weight excluding hydrogens is 227 g/mol. The average molecular weight is 239 g/mol. The van der Waals surface area contributed by atoms with Gasteiger partial charge in [-0.25, -0.2) is 5.06 Å². The van der Waals surface area contributed by atoms with Gasteiger partial charge in [0.1, 0.15) is 0 Å². The molecule has 0 aromatic heterocycles. The SMILES string of the molecule is C#C[C@@H](O[C@H](C)C(F)(F)F)C(=O)N(C)OC. The van der Waals surface area contributed by atoms with Crippen LogP contribution in [-0.2, 0) is 14.4 Å². The fourth-order valence-corrected chi connectivity index (χ4v) is 0.705. The maximum Gasteiger partial charge on any atom is 0.414 e. The summed E-state index contributed by atoms with van der Waals surface area (Å²) in [4.78, 5) is 15.8. The molecule has 0 aliphatic rings. The highest BCUT2D eigenvalue weighted by atomic mass is 19.4. The van der Waals surface area contributed by atoms with E-state index in [0.717, 1.165) is 6.92 Å². The number of hydrogen-bond acceptors (Lipinski definition) is 3. The fraction of sp³-hybridized carbons (Fsp3) is 0.667. The number of terminal acetylenes is 1. The highest BCUT2D eigenvalue weighted by Crippen LogP contribution is 2.23. The van der Waals surface area contributed by atoms with Gasteiger partial charge in [0, 0.05) is 7.05 Å². The molecule has 0 saturated carbocycles. The van der Waals surface area contributed by atoms with Crippen molar-refractivity contribution >= 4 is 5.91 Å². The minimum atomic E-state index is -4.57. The van der Waals surface area contributed by atoms with Gasteiger partial charge in [0.2, 0.25) is 0 Å². The lowest BCUT2D eigenvalue weighted by molar-refractivity contribution is -0.227. The molecule has 0 aliphatic heterocycles. The molecule has 0 heterocycles. The van der Waals surface area contributed by atoms with Crippen molar-refractivity contribution in [1.82, 2.24) is 5.06 Å². The molecule has 0 rings (SSSR count). The van der Waals surface area contributed by atoms with E-state index in [1.807, 2.05) is 5.92 Å². The summed E-state index contributed by atoms with van der Waals surface area (Å²) in [6, 6.07) is 0. The number of hydrogen-bond donors (Lipinski definition) is 0. The van der Waals surface area contributed by atoms with Gasteiger partial charge >= 0.3 is 6.18 Å². The summed E-state index contributed by atoms with van der Waals surface area (Å²) in [6.45, 7) is 0.768. The van der Waals surface area contributed by atoms with Crippen molar-refractivity contribution in [1.29, 1.82) is 0 Å². The van der Waals surface area contributed by atoms with E-state index in [9.17, 15) is 18.0 Å². The predicted octanol–water partition coefficient (Wildman–Crippen LogP) is 0.975. The molecule has 1 amide bonds. The van der Waals surface area contributed by atoms with Crippen molar-refractivity contribution in [3.8, 4) is 12.3 Å². The normalized spacial score (nSPS) is 15.1. The Morgan fingerprint density at radius 2 is 2.00 bits per heavy atom. The lowest BCUT2D eigenvalue weighted by Gasteiger charge is -2.22. The second kappa shape index (κ2) is 5.72. The minimum absolute atomic E-state index is 0.702. The number of rotatable bonds is 4. The third-order valence-corrected chi connectivity index (χ3v) is 1.76. The topological polar surface area (TPSA) is 38.8 Å². The lowest BCUT2D eigenvalue weighted by Crippen LogP contribution is -2.41. The quantitative estimate of drug-likeness (QED) is 0.542. The van der Waals surface area contributed by atoms with Crippen molar-refractivity contribution in [2.75, 3.05) is 14.2 Å². The Morgan fingerprint density at radius 3 is 2.31 bits per heavy atom. The number of ether oxygens (including phenoxy) is 1. The smallest absolute Gasteiger partial charge is 0.343 e. The maximum absolute atomic E-state index is 12.1. The number of halogens is 3. The number of likely N-dealkylation sites (N-methyl/N-ethyl adjacent to an activating group) is 1. The lowest BCUT2D eigenvalue weighted by atomic mass is 10.3. The van der Waals surface area contributed by atoms with Crippen LogP contribution >= 0.6 is 0 Å². The molecule has 0 fully saturated rings. The Kier molecular flexibility index (Phi) is 5.27. The van der Waals surface area contributed by atoms with Gasteiger partial charge < -0.3 is 4.74 Å². The van der Waals surface area contributed by atoms with E-state index in [-0.39, 0.29) is 0 Å². The molecule has 16 heavy (non-hydrogen) atoms. The van der Waals surface area contributed by atoms with E-state index in [1.165, 1.54) is 14.2 Å². The third-order valence-electron chi connectivity index (χ3n) is 1.76. The highest BCUT2D eigenvalue weighted by molar-refractivity contribution is 5.82. The predicted molar refractivity (Wildman–Crippen MR) is 49.0 cm³/mol. The van der Waals surface area contributed by atoms with Gasteiger partial charge in [0.25, 0.3) is 5.91 Å². The molecule has 0 unspecified atom stereocenters. The minimum Gasteiger partial charge on any atom is -0.343 e. The van der Waals surface area contributed by atoms with Crippen LogP contribution in [0.5, 0.6) is 0 Å². The molecule has 0 aromatic rings. The summed E-state index contributed by atoms with van der Waals surface area (Å²) in [6.07, 6.45) is -3.40. The van der Waals surface area contributed by atoms with Crippen LogP contribution in [0, 0.1) is 12.3 Å². The summed E-state index contributed by atoms with van der Waals surface area (Å²) in [5.74, 6) is 0.953. The molecular formula is C9H12F3NO3. The zero-order chi connectivity index (χ0) is 12.9. The van der Waals surface area contributed by atoms with Gasteiger partial charge in [-0.15, -0.1) is 6.42 Å². The molecule has 4 nitrogen and oxygen atoms in total. The third kappa shape index (κ3) is 4.08. The van der Waals surface area contributed by atoms with Crippen LogP contribution < -0.4 is 0 Å². The molecule has 0 radical (unpaired) electrons. The van der Waals surface area contributed by atoms with Gasteiger partial charge in [-0.2, -0.15) is 13.2 Å². The van der Waals surface area contributed by atoms with Crippen LogP contribution in [-0.4, -0.2) is 43.5 Å². The van der Waals surface area contributed by atoms with Crippen LogP contribution in [0.3, 0.4) is 0 Å². The van der Waals surface area contributed by atoms with Gasteiger partial charge in [-0.05, 0) is 6.92 Å². The summed E-state index contributed by atoms with van der Waals surface area (Å²) in [7, 11) is 2.40. The van der Waals surface area contributed by atoms with E-state index >= 15 is 0 Å². The van der Waals surface area contributed by atoms with Crippen LogP contribution in [0.25, 0.3) is 0 Å². The number of alkyl halides is 3. The van der Waals surface area contributed by atoms with Gasteiger partial charge in [0.05, 0.1) is 7.11 Å². The van der Waals surface area contributed by atoms with Crippen molar-refractivity contribution in [3.05, 3.63) is 0 Å². The monoisotopic (exact) mass is 239 g/mol. The maximum atomic E-state index is 12.1.